The molecule has 2 aromatic carbocycles. The standard InChI is InChI=1S/C26H31N3O4/c1-18-15-28(26(31)24-5-3-4-23(14-24)21-10-12-33-13-11-21)16-19(2)29(18)17-20-6-8-22(9-7-20)25(30)27-32/h3-10,14,18-19,32H,11-13,15-17H2,1-2H3,(H,27,30)/t18-,19?/m0/s1. The monoisotopic (exact) mass is 449 g/mol. The van der Waals surface area contributed by atoms with E-state index in [0.717, 1.165) is 36.3 Å². The zero-order valence-electron chi connectivity index (χ0n) is 19.2. The van der Waals surface area contributed by atoms with Crippen molar-refractivity contribution in [3.05, 3.63) is 76.9 Å². The first kappa shape index (κ1) is 23.2. The molecule has 7 nitrogen and oxygen atoms in total. The topological polar surface area (TPSA) is 82.1 Å². The fraction of sp³-hybridized carbons (Fsp3) is 0.385. The molecule has 0 saturated carbocycles. The molecular formula is C26H31N3O4. The fourth-order valence-electron chi connectivity index (χ4n) is 4.69. The van der Waals surface area contributed by atoms with Gasteiger partial charge in [0.15, 0.2) is 0 Å². The summed E-state index contributed by atoms with van der Waals surface area (Å²) < 4.78 is 5.41. The van der Waals surface area contributed by atoms with Crippen LogP contribution in [-0.2, 0) is 11.3 Å². The van der Waals surface area contributed by atoms with Crippen molar-refractivity contribution in [1.29, 1.82) is 0 Å². The number of nitrogens with one attached hydrogen (secondary N) is 1. The lowest BCUT2D eigenvalue weighted by Crippen LogP contribution is -2.57. The number of rotatable bonds is 5. The number of hydrogen-bond donors (Lipinski definition) is 2. The van der Waals surface area contributed by atoms with E-state index in [-0.39, 0.29) is 18.0 Å². The van der Waals surface area contributed by atoms with Gasteiger partial charge in [-0.3, -0.25) is 19.7 Å². The normalized spacial score (nSPS) is 21.4. The molecule has 2 amide bonds. The number of carbonyl (C=O) groups excluding carboxylic acids is 2. The Morgan fingerprint density at radius 2 is 1.79 bits per heavy atom. The Morgan fingerprint density at radius 1 is 1.06 bits per heavy atom. The summed E-state index contributed by atoms with van der Waals surface area (Å²) in [7, 11) is 0. The first-order valence-corrected chi connectivity index (χ1v) is 11.4. The Bertz CT molecular complexity index is 1020. The molecule has 2 aromatic rings. The van der Waals surface area contributed by atoms with Gasteiger partial charge in [0.2, 0.25) is 0 Å². The molecular weight excluding hydrogens is 418 g/mol. The Morgan fingerprint density at radius 3 is 2.42 bits per heavy atom. The van der Waals surface area contributed by atoms with E-state index in [1.54, 1.807) is 17.6 Å². The van der Waals surface area contributed by atoms with Crippen LogP contribution < -0.4 is 5.48 Å². The molecule has 2 N–H and O–H groups in total. The van der Waals surface area contributed by atoms with Gasteiger partial charge in [-0.15, -0.1) is 0 Å². The summed E-state index contributed by atoms with van der Waals surface area (Å²) in [6, 6.07) is 15.5. The van der Waals surface area contributed by atoms with Crippen LogP contribution in [0.2, 0.25) is 0 Å². The van der Waals surface area contributed by atoms with E-state index in [1.165, 1.54) is 5.57 Å². The van der Waals surface area contributed by atoms with Gasteiger partial charge in [-0.05, 0) is 61.2 Å². The van der Waals surface area contributed by atoms with Crippen molar-refractivity contribution < 1.29 is 19.5 Å². The maximum absolute atomic E-state index is 13.3. The van der Waals surface area contributed by atoms with Crippen molar-refractivity contribution in [2.75, 3.05) is 26.3 Å². The number of nitrogens with zero attached hydrogens (tertiary/aromatic N) is 2. The van der Waals surface area contributed by atoms with Gasteiger partial charge in [0.05, 0.1) is 13.2 Å². The van der Waals surface area contributed by atoms with Crippen LogP contribution in [0.4, 0.5) is 0 Å². The molecule has 174 valence electrons. The van der Waals surface area contributed by atoms with Crippen molar-refractivity contribution in [3.8, 4) is 0 Å². The lowest BCUT2D eigenvalue weighted by atomic mass is 9.98. The predicted molar refractivity (Wildman–Crippen MR) is 126 cm³/mol. The zero-order chi connectivity index (χ0) is 23.4. The van der Waals surface area contributed by atoms with Gasteiger partial charge < -0.3 is 9.64 Å². The summed E-state index contributed by atoms with van der Waals surface area (Å²) in [4.78, 5) is 29.2. The van der Waals surface area contributed by atoms with E-state index in [4.69, 9.17) is 9.94 Å². The van der Waals surface area contributed by atoms with Crippen LogP contribution in [-0.4, -0.2) is 65.2 Å². The number of hydrogen-bond acceptors (Lipinski definition) is 5. The SMILES string of the molecule is CC1CN(C(=O)c2cccc(C3=CCOCC3)c2)C[C@H](C)N1Cc1ccc(C(=O)NO)cc1. The van der Waals surface area contributed by atoms with E-state index >= 15 is 0 Å². The molecule has 4 rings (SSSR count). The van der Waals surface area contributed by atoms with Crippen LogP contribution >= 0.6 is 0 Å². The van der Waals surface area contributed by atoms with Crippen LogP contribution in [0.5, 0.6) is 0 Å². The van der Waals surface area contributed by atoms with Gasteiger partial charge in [0.25, 0.3) is 11.8 Å². The molecule has 1 saturated heterocycles. The largest absolute Gasteiger partial charge is 0.377 e. The maximum atomic E-state index is 13.3. The Labute approximate surface area is 194 Å². The summed E-state index contributed by atoms with van der Waals surface area (Å²) in [5.74, 6) is -0.449. The minimum Gasteiger partial charge on any atom is -0.377 e. The molecule has 0 aromatic heterocycles. The van der Waals surface area contributed by atoms with E-state index in [9.17, 15) is 9.59 Å². The van der Waals surface area contributed by atoms with Crippen LogP contribution in [0.15, 0.2) is 54.6 Å². The molecule has 2 heterocycles. The van der Waals surface area contributed by atoms with E-state index in [0.29, 0.717) is 25.3 Å². The second kappa shape index (κ2) is 10.3. The Balaban J connectivity index is 1.42. The Hall–Kier alpha value is -3.00. The average Bonchev–Trinajstić information content (AvgIpc) is 2.86. The smallest absolute Gasteiger partial charge is 0.274 e. The quantitative estimate of drug-likeness (QED) is 0.541. The first-order chi connectivity index (χ1) is 16.0. The summed E-state index contributed by atoms with van der Waals surface area (Å²) >= 11 is 0. The van der Waals surface area contributed by atoms with Gasteiger partial charge in [-0.1, -0.05) is 30.3 Å². The second-order valence-corrected chi connectivity index (χ2v) is 8.85. The van der Waals surface area contributed by atoms with Gasteiger partial charge >= 0.3 is 0 Å². The van der Waals surface area contributed by atoms with Crippen molar-refractivity contribution in [3.63, 3.8) is 0 Å². The van der Waals surface area contributed by atoms with Crippen molar-refractivity contribution >= 4 is 17.4 Å². The number of carbonyl (C=O) groups is 2. The third kappa shape index (κ3) is 5.33. The lowest BCUT2D eigenvalue weighted by Gasteiger charge is -2.44. The molecule has 33 heavy (non-hydrogen) atoms. The molecule has 7 heteroatoms. The summed E-state index contributed by atoms with van der Waals surface area (Å²) in [6.45, 7) is 7.70. The second-order valence-electron chi connectivity index (χ2n) is 8.85. The highest BCUT2D eigenvalue weighted by Crippen LogP contribution is 2.24. The fourth-order valence-corrected chi connectivity index (χ4v) is 4.69. The molecule has 0 spiro atoms. The molecule has 1 unspecified atom stereocenters. The van der Waals surface area contributed by atoms with Crippen LogP contribution in [0.25, 0.3) is 5.57 Å². The third-order valence-corrected chi connectivity index (χ3v) is 6.52. The van der Waals surface area contributed by atoms with Gasteiger partial charge in [-0.25, -0.2) is 5.48 Å². The highest BCUT2D eigenvalue weighted by molar-refractivity contribution is 5.95. The highest BCUT2D eigenvalue weighted by Gasteiger charge is 2.32. The molecule has 2 aliphatic rings. The van der Waals surface area contributed by atoms with Crippen LogP contribution in [0, 0.1) is 0 Å². The molecule has 0 bridgehead atoms. The van der Waals surface area contributed by atoms with E-state index < -0.39 is 5.91 Å². The molecule has 1 fully saturated rings. The van der Waals surface area contributed by atoms with E-state index in [1.807, 2.05) is 35.2 Å². The van der Waals surface area contributed by atoms with Crippen molar-refractivity contribution in [2.24, 2.45) is 0 Å². The zero-order valence-corrected chi connectivity index (χ0v) is 19.2. The minimum atomic E-state index is -0.521. The summed E-state index contributed by atoms with van der Waals surface area (Å²) in [6.07, 6.45) is 2.97. The number of hydroxylamine groups is 1. The molecule has 0 aliphatic carbocycles. The van der Waals surface area contributed by atoms with Gasteiger partial charge in [0.1, 0.15) is 0 Å². The predicted octanol–water partition coefficient (Wildman–Crippen LogP) is 3.34. The Kier molecular flexibility index (Phi) is 7.23. The van der Waals surface area contributed by atoms with Crippen LogP contribution in [0.1, 0.15) is 52.1 Å². The van der Waals surface area contributed by atoms with Crippen molar-refractivity contribution in [1.82, 2.24) is 15.3 Å². The number of piperazine rings is 1. The maximum Gasteiger partial charge on any atom is 0.274 e. The van der Waals surface area contributed by atoms with E-state index in [2.05, 4.69) is 30.9 Å². The van der Waals surface area contributed by atoms with Gasteiger partial charge in [-0.2, -0.15) is 0 Å². The van der Waals surface area contributed by atoms with Crippen molar-refractivity contribution in [2.45, 2.75) is 38.9 Å². The number of benzene rings is 2. The van der Waals surface area contributed by atoms with Crippen LogP contribution in [0.3, 0.4) is 0 Å². The van der Waals surface area contributed by atoms with Gasteiger partial charge in [0, 0.05) is 42.8 Å². The number of amides is 2. The molecule has 2 aliphatic heterocycles. The number of ether oxygens (including phenoxy) is 1. The lowest BCUT2D eigenvalue weighted by molar-refractivity contribution is 0.0269. The highest BCUT2D eigenvalue weighted by atomic mass is 16.5. The third-order valence-electron chi connectivity index (χ3n) is 6.52. The summed E-state index contributed by atoms with van der Waals surface area (Å²) in [5.41, 5.74) is 6.22. The average molecular weight is 450 g/mol. The first-order valence-electron chi connectivity index (χ1n) is 11.4. The minimum absolute atomic E-state index is 0.0715. The summed E-state index contributed by atoms with van der Waals surface area (Å²) in [5, 5.41) is 8.77. The molecule has 2 atom stereocenters. The molecule has 0 radical (unpaired) electrons.